The highest BCUT2D eigenvalue weighted by Gasteiger charge is 2.20. The van der Waals surface area contributed by atoms with Gasteiger partial charge in [-0.3, -0.25) is 23.4 Å². The van der Waals surface area contributed by atoms with Gasteiger partial charge in [-0.05, 0) is 123 Å². The van der Waals surface area contributed by atoms with Crippen LogP contribution in [0.1, 0.15) is 239 Å². The van der Waals surface area contributed by atoms with Gasteiger partial charge in [0.25, 0.3) is 0 Å². The number of aliphatic hydroxyl groups is 1. The van der Waals surface area contributed by atoms with Crippen LogP contribution in [0.2, 0.25) is 0 Å². The van der Waals surface area contributed by atoms with Crippen molar-refractivity contribution in [3.63, 3.8) is 0 Å². The van der Waals surface area contributed by atoms with Crippen molar-refractivity contribution in [1.29, 1.82) is 0 Å². The van der Waals surface area contributed by atoms with Crippen molar-refractivity contribution in [2.45, 2.75) is 210 Å². The summed E-state index contributed by atoms with van der Waals surface area (Å²) in [6.45, 7) is 43.4. The van der Waals surface area contributed by atoms with Crippen molar-refractivity contribution in [3.8, 4) is 0 Å². The van der Waals surface area contributed by atoms with Crippen molar-refractivity contribution in [1.82, 2.24) is 63.8 Å². The standard InChI is InChI=1S/C12H21N3.C10H16N2O.C9H16N2O.C8H14N2.C7H12N2.C7H11NO.C7H11NS/c1-10(2)11-8-13-15(9-11)12-4-6-14(3)7-5-12;1-8(2)9-5-11-12(6-9)10-3-4-13-7-10;1-7(2)9-4-10-11(5-9)8(3)6-12;1-4-10-6-8(5-9-10)7(2)3;1-6(2)7-4-8-9(3)5-7;2*1-5(2)7-4-8-6(3)9-7/h8-10,12H,4-7H2,1-3H3;5-6,8,10H,3-4,7H2,1-2H3;4-5,7-8,12H,6H2,1-3H3;5-7H,4H2,1-3H3;4-6H,1-3H3;2*4-5H,1-3H3/t;;8-;;;;/m..0..../s1. The van der Waals surface area contributed by atoms with Gasteiger partial charge in [0.15, 0.2) is 5.89 Å². The van der Waals surface area contributed by atoms with Crippen LogP contribution < -0.4 is 0 Å². The Morgan fingerprint density at radius 3 is 1.40 bits per heavy atom. The lowest BCUT2D eigenvalue weighted by atomic mass is 10.1. The molecule has 2 aliphatic heterocycles. The first-order valence-electron chi connectivity index (χ1n) is 28.3. The van der Waals surface area contributed by atoms with Crippen LogP contribution in [0.3, 0.4) is 0 Å². The number of piperidine rings is 1. The first-order valence-corrected chi connectivity index (χ1v) is 29.1. The van der Waals surface area contributed by atoms with Gasteiger partial charge in [-0.1, -0.05) is 96.9 Å². The molecule has 2 aliphatic rings. The molecule has 1 unspecified atom stereocenters. The molecule has 9 rings (SSSR count). The molecule has 77 heavy (non-hydrogen) atoms. The zero-order chi connectivity index (χ0) is 57.4. The highest BCUT2D eigenvalue weighted by Crippen LogP contribution is 2.25. The predicted molar refractivity (Wildman–Crippen MR) is 317 cm³/mol. The number of aromatic nitrogens is 12. The summed E-state index contributed by atoms with van der Waals surface area (Å²) in [7, 11) is 4.13. The summed E-state index contributed by atoms with van der Waals surface area (Å²) in [5.74, 6) is 5.65. The Labute approximate surface area is 468 Å². The van der Waals surface area contributed by atoms with E-state index >= 15 is 0 Å². The molecule has 0 spiro atoms. The van der Waals surface area contributed by atoms with Crippen LogP contribution in [0.15, 0.2) is 78.8 Å². The molecule has 1 N–H and O–H groups in total. The molecule has 2 saturated heterocycles. The van der Waals surface area contributed by atoms with Gasteiger partial charge in [0.2, 0.25) is 0 Å². The highest BCUT2D eigenvalue weighted by atomic mass is 32.1. The Morgan fingerprint density at radius 2 is 1.06 bits per heavy atom. The van der Waals surface area contributed by atoms with E-state index in [9.17, 15) is 0 Å². The molecule has 9 heterocycles. The quantitative estimate of drug-likeness (QED) is 0.124. The van der Waals surface area contributed by atoms with E-state index in [1.165, 1.54) is 63.6 Å². The molecular weight excluding hydrogens is 983 g/mol. The third kappa shape index (κ3) is 23.7. The molecule has 2 fully saturated rings. The molecule has 0 saturated carbocycles. The van der Waals surface area contributed by atoms with Gasteiger partial charge in [0, 0.05) is 75.1 Å². The minimum Gasteiger partial charge on any atom is -0.446 e. The highest BCUT2D eigenvalue weighted by molar-refractivity contribution is 7.11. The summed E-state index contributed by atoms with van der Waals surface area (Å²) >= 11 is 1.78. The SMILES string of the molecule is CC(C)c1cnn(C)c1.CC(C)c1cnn(C2CCN(C)CC2)c1.CC(C)c1cnn(C2CCOC2)c1.CC(C)c1cnn([C@@H](C)CO)c1.CCn1cc(C(C)C)cn1.Cc1ncc(C(C)C)o1.Cc1ncc(C(C)C)s1. The minimum absolute atomic E-state index is 0.0810. The average Bonchev–Trinajstić information content (AvgIpc) is 4.23. The number of aryl methyl sites for hydroxylation is 4. The Bertz CT molecular complexity index is 2490. The molecule has 7 aromatic heterocycles. The molecule has 2 atom stereocenters. The van der Waals surface area contributed by atoms with E-state index in [2.05, 4.69) is 175 Å². The summed E-state index contributed by atoms with van der Waals surface area (Å²) in [5.41, 5.74) is 6.51. The monoisotopic (exact) mass is 1080 g/mol. The fourth-order valence-electron chi connectivity index (χ4n) is 7.55. The maximum atomic E-state index is 8.88. The van der Waals surface area contributed by atoms with Crippen LogP contribution >= 0.6 is 11.3 Å². The largest absolute Gasteiger partial charge is 0.446 e. The Morgan fingerprint density at radius 1 is 0.558 bits per heavy atom. The van der Waals surface area contributed by atoms with E-state index in [1.807, 2.05) is 91.4 Å². The van der Waals surface area contributed by atoms with Crippen LogP contribution in [0.5, 0.6) is 0 Å². The zero-order valence-corrected chi connectivity index (χ0v) is 51.9. The third-order valence-corrected chi connectivity index (χ3v) is 14.6. The van der Waals surface area contributed by atoms with E-state index in [-0.39, 0.29) is 12.6 Å². The van der Waals surface area contributed by atoms with Crippen LogP contribution in [-0.4, -0.2) is 109 Å². The lowest BCUT2D eigenvalue weighted by Gasteiger charge is -2.29. The topological polar surface area (TPSA) is 161 Å². The molecule has 0 aromatic carbocycles. The molecular formula is C60H101N13O3S. The van der Waals surface area contributed by atoms with Crippen molar-refractivity contribution >= 4 is 11.3 Å². The second-order valence-corrected chi connectivity index (χ2v) is 23.8. The van der Waals surface area contributed by atoms with Crippen LogP contribution in [0.25, 0.3) is 0 Å². The average molecular weight is 1080 g/mol. The van der Waals surface area contributed by atoms with Gasteiger partial charge >= 0.3 is 0 Å². The maximum Gasteiger partial charge on any atom is 0.191 e. The lowest BCUT2D eigenvalue weighted by molar-refractivity contribution is 0.184. The predicted octanol–water partition coefficient (Wildman–Crippen LogP) is 14.1. The van der Waals surface area contributed by atoms with E-state index < -0.39 is 0 Å². The van der Waals surface area contributed by atoms with Crippen LogP contribution in [-0.2, 0) is 18.3 Å². The molecule has 0 amide bonds. The van der Waals surface area contributed by atoms with E-state index in [4.69, 9.17) is 14.3 Å². The van der Waals surface area contributed by atoms with Crippen LogP contribution in [0.4, 0.5) is 0 Å². The van der Waals surface area contributed by atoms with Crippen molar-refractivity contribution in [2.24, 2.45) is 7.05 Å². The van der Waals surface area contributed by atoms with Crippen molar-refractivity contribution in [2.75, 3.05) is 40.0 Å². The number of aliphatic hydroxyl groups excluding tert-OH is 1. The smallest absolute Gasteiger partial charge is 0.191 e. The van der Waals surface area contributed by atoms with Gasteiger partial charge in [0.1, 0.15) is 5.76 Å². The number of hydrogen-bond acceptors (Lipinski definition) is 12. The molecule has 430 valence electrons. The zero-order valence-electron chi connectivity index (χ0n) is 51.1. The number of hydrogen-bond donors (Lipinski definition) is 1. The number of thiazole rings is 1. The van der Waals surface area contributed by atoms with E-state index in [0.29, 0.717) is 53.5 Å². The van der Waals surface area contributed by atoms with Crippen molar-refractivity contribution < 1.29 is 14.3 Å². The number of oxazole rings is 1. The summed E-state index contributed by atoms with van der Waals surface area (Å²) in [4.78, 5) is 11.9. The van der Waals surface area contributed by atoms with Gasteiger partial charge in [0.05, 0.1) is 73.5 Å². The molecule has 0 bridgehead atoms. The number of ether oxygens (including phenoxy) is 1. The summed E-state index contributed by atoms with van der Waals surface area (Å²) in [6, 6.07) is 1.17. The normalized spacial score (nSPS) is 15.0. The summed E-state index contributed by atoms with van der Waals surface area (Å²) < 4.78 is 20.4. The Balaban J connectivity index is 0.000000239. The molecule has 0 radical (unpaired) electrons. The Hall–Kier alpha value is -5.23. The van der Waals surface area contributed by atoms with Gasteiger partial charge in [-0.15, -0.1) is 11.3 Å². The maximum absolute atomic E-state index is 8.88. The molecule has 17 heteroatoms. The number of likely N-dealkylation sites (tertiary alicyclic amines) is 1. The first kappa shape index (κ1) is 66.1. The van der Waals surface area contributed by atoms with E-state index in [1.54, 1.807) is 22.2 Å². The summed E-state index contributed by atoms with van der Waals surface area (Å²) in [6.07, 6.45) is 27.5. The van der Waals surface area contributed by atoms with Crippen molar-refractivity contribution in [3.05, 3.63) is 124 Å². The lowest BCUT2D eigenvalue weighted by Crippen LogP contribution is -2.31. The molecule has 7 aromatic rings. The molecule has 16 nitrogen and oxygen atoms in total. The minimum atomic E-state index is 0.0810. The fourth-order valence-corrected chi connectivity index (χ4v) is 8.33. The third-order valence-electron chi connectivity index (χ3n) is 13.4. The fraction of sp³-hybridized carbons (Fsp3) is 0.650. The van der Waals surface area contributed by atoms with Crippen LogP contribution in [0, 0.1) is 13.8 Å². The Kier molecular flexibility index (Phi) is 29.1. The van der Waals surface area contributed by atoms with E-state index in [0.717, 1.165) is 37.8 Å². The molecule has 0 aliphatic carbocycles. The van der Waals surface area contributed by atoms with Gasteiger partial charge in [-0.25, -0.2) is 9.97 Å². The van der Waals surface area contributed by atoms with Gasteiger partial charge in [-0.2, -0.15) is 25.5 Å². The number of rotatable bonds is 12. The first-order chi connectivity index (χ1) is 36.4. The second kappa shape index (κ2) is 33.9. The number of nitrogens with zero attached hydrogens (tertiary/aromatic N) is 13. The van der Waals surface area contributed by atoms with Gasteiger partial charge < -0.3 is 19.2 Å². The second-order valence-electron chi connectivity index (χ2n) is 22.6. The summed E-state index contributed by atoms with van der Waals surface area (Å²) in [5, 5.41) is 31.3.